The lowest BCUT2D eigenvalue weighted by molar-refractivity contribution is 0.400. The van der Waals surface area contributed by atoms with Gasteiger partial charge in [0.1, 0.15) is 16.9 Å². The van der Waals surface area contributed by atoms with Gasteiger partial charge in [-0.05, 0) is 18.1 Å². The zero-order valence-electron chi connectivity index (χ0n) is 17.4. The fourth-order valence-electron chi connectivity index (χ4n) is 3.27. The summed E-state index contributed by atoms with van der Waals surface area (Å²) in [6.45, 7) is 12.0. The summed E-state index contributed by atoms with van der Waals surface area (Å²) < 4.78 is 11.8. The van der Waals surface area contributed by atoms with Gasteiger partial charge in [-0.25, -0.2) is 0 Å². The van der Waals surface area contributed by atoms with E-state index < -0.39 is 5.41 Å². The average molecular weight is 394 g/mol. The van der Waals surface area contributed by atoms with Gasteiger partial charge in [-0.3, -0.25) is 4.79 Å². The molecule has 2 N–H and O–H groups in total. The van der Waals surface area contributed by atoms with Crippen LogP contribution in [0, 0.1) is 5.92 Å². The van der Waals surface area contributed by atoms with E-state index in [9.17, 15) is 15.0 Å². The third kappa shape index (κ3) is 3.48. The summed E-state index contributed by atoms with van der Waals surface area (Å²) >= 11 is 0. The van der Waals surface area contributed by atoms with E-state index in [0.717, 1.165) is 5.56 Å². The predicted octanol–water partition coefficient (Wildman–Crippen LogP) is 5.50. The molecule has 1 heterocycles. The Morgan fingerprint density at radius 2 is 1.79 bits per heavy atom. The first-order valence-corrected chi connectivity index (χ1v) is 9.46. The number of fused-ring (bicyclic) bond motifs is 2. The number of phenolic OH excluding ortho intramolecular Hbond substituents is 2. The molecule has 0 unspecified atom stereocenters. The van der Waals surface area contributed by atoms with E-state index in [1.54, 1.807) is 19.3 Å². The van der Waals surface area contributed by atoms with Gasteiger partial charge in [0, 0.05) is 17.0 Å². The minimum atomic E-state index is -0.460. The molecule has 0 amide bonds. The van der Waals surface area contributed by atoms with Crippen LogP contribution in [-0.4, -0.2) is 17.3 Å². The van der Waals surface area contributed by atoms with E-state index in [4.69, 9.17) is 9.15 Å². The molecule has 0 aliphatic rings. The second-order valence-electron chi connectivity index (χ2n) is 8.04. The maximum absolute atomic E-state index is 13.3. The number of hydrogen-bond acceptors (Lipinski definition) is 5. The fraction of sp³-hybridized carbons (Fsp3) is 0.292. The first-order valence-electron chi connectivity index (χ1n) is 9.46. The number of allylic oxidation sites excluding steroid dienone is 2. The van der Waals surface area contributed by atoms with Crippen molar-refractivity contribution in [2.24, 2.45) is 5.92 Å². The second-order valence-corrected chi connectivity index (χ2v) is 8.04. The normalized spacial score (nSPS) is 12.3. The first kappa shape index (κ1) is 20.5. The monoisotopic (exact) mass is 394 g/mol. The maximum atomic E-state index is 13.3. The van der Waals surface area contributed by atoms with Crippen LogP contribution in [0.5, 0.6) is 17.2 Å². The molecule has 0 saturated carbocycles. The van der Waals surface area contributed by atoms with E-state index in [-0.39, 0.29) is 33.8 Å². The molecular weight excluding hydrogens is 368 g/mol. The highest BCUT2D eigenvalue weighted by Crippen LogP contribution is 2.41. The van der Waals surface area contributed by atoms with Gasteiger partial charge in [-0.15, -0.1) is 6.58 Å². The van der Waals surface area contributed by atoms with Crippen LogP contribution in [0.15, 0.2) is 46.1 Å². The Kier molecular flexibility index (Phi) is 5.18. The zero-order chi connectivity index (χ0) is 21.5. The van der Waals surface area contributed by atoms with Crippen molar-refractivity contribution in [3.8, 4) is 17.2 Å². The molecule has 29 heavy (non-hydrogen) atoms. The summed E-state index contributed by atoms with van der Waals surface area (Å²) in [5.74, 6) is 0.156. The molecule has 0 saturated heterocycles. The Hall–Kier alpha value is -3.21. The Morgan fingerprint density at radius 1 is 1.14 bits per heavy atom. The lowest BCUT2D eigenvalue weighted by atomic mass is 9.82. The van der Waals surface area contributed by atoms with Crippen LogP contribution in [0.3, 0.4) is 0 Å². The molecule has 3 aromatic rings. The first-order chi connectivity index (χ1) is 13.6. The van der Waals surface area contributed by atoms with E-state index in [1.165, 1.54) is 12.1 Å². The number of aromatic hydroxyl groups is 2. The summed E-state index contributed by atoms with van der Waals surface area (Å²) in [7, 11) is 1.58. The number of hydrogen-bond donors (Lipinski definition) is 2. The highest BCUT2D eigenvalue weighted by Gasteiger charge is 2.26. The smallest absolute Gasteiger partial charge is 0.200 e. The van der Waals surface area contributed by atoms with Crippen molar-refractivity contribution in [1.82, 2.24) is 0 Å². The third-order valence-electron chi connectivity index (χ3n) is 5.10. The minimum Gasteiger partial charge on any atom is -0.504 e. The Morgan fingerprint density at radius 3 is 2.38 bits per heavy atom. The van der Waals surface area contributed by atoms with Gasteiger partial charge in [0.05, 0.1) is 23.4 Å². The summed E-state index contributed by atoms with van der Waals surface area (Å²) in [4.78, 5) is 13.3. The Bertz CT molecular complexity index is 1200. The van der Waals surface area contributed by atoms with Gasteiger partial charge in [0.15, 0.2) is 11.5 Å². The van der Waals surface area contributed by atoms with Crippen molar-refractivity contribution < 1.29 is 19.4 Å². The average Bonchev–Trinajstić information content (AvgIpc) is 2.67. The molecule has 5 heteroatoms. The molecule has 152 valence electrons. The molecule has 0 fully saturated rings. The lowest BCUT2D eigenvalue weighted by Crippen LogP contribution is -2.16. The van der Waals surface area contributed by atoms with Crippen LogP contribution in [0.2, 0.25) is 0 Å². The van der Waals surface area contributed by atoms with Crippen molar-refractivity contribution >= 4 is 28.0 Å². The summed E-state index contributed by atoms with van der Waals surface area (Å²) in [6.07, 6.45) is 5.70. The Balaban J connectivity index is 2.58. The van der Waals surface area contributed by atoms with Crippen LogP contribution >= 0.6 is 0 Å². The van der Waals surface area contributed by atoms with Gasteiger partial charge in [-0.1, -0.05) is 45.9 Å². The van der Waals surface area contributed by atoms with E-state index in [2.05, 4.69) is 20.4 Å². The van der Waals surface area contributed by atoms with Crippen LogP contribution in [0.25, 0.3) is 28.0 Å². The van der Waals surface area contributed by atoms with Crippen molar-refractivity contribution in [2.75, 3.05) is 7.11 Å². The van der Waals surface area contributed by atoms with Crippen molar-refractivity contribution in [3.05, 3.63) is 58.3 Å². The van der Waals surface area contributed by atoms with Gasteiger partial charge in [0.25, 0.3) is 0 Å². The minimum absolute atomic E-state index is 0.190. The standard InChI is InChI=1S/C24H26O5/c1-7-24(4,5)17-10-16-21(27)15-11-18(25)19(26)12-20(15)29-22(16)14(23(17)28-6)9-8-13(2)3/h7-13,25-26H,1H2,2-6H3/b9-8+. The quantitative estimate of drug-likeness (QED) is 0.339. The molecule has 1 aromatic heterocycles. The number of rotatable bonds is 5. The number of methoxy groups -OCH3 is 1. The van der Waals surface area contributed by atoms with Gasteiger partial charge in [0.2, 0.25) is 5.43 Å². The molecule has 0 aliphatic heterocycles. The number of ether oxygens (including phenoxy) is 1. The summed E-state index contributed by atoms with van der Waals surface area (Å²) in [6, 6.07) is 4.23. The largest absolute Gasteiger partial charge is 0.504 e. The highest BCUT2D eigenvalue weighted by molar-refractivity contribution is 5.97. The Labute approximate surface area is 169 Å². The maximum Gasteiger partial charge on any atom is 0.200 e. The summed E-state index contributed by atoms with van der Waals surface area (Å²) in [5, 5.41) is 20.3. The molecule has 3 rings (SSSR count). The predicted molar refractivity (Wildman–Crippen MR) is 117 cm³/mol. The van der Waals surface area contributed by atoms with Crippen molar-refractivity contribution in [2.45, 2.75) is 33.1 Å². The molecular formula is C24H26O5. The van der Waals surface area contributed by atoms with E-state index >= 15 is 0 Å². The molecule has 5 nitrogen and oxygen atoms in total. The topological polar surface area (TPSA) is 79.9 Å². The molecule has 0 radical (unpaired) electrons. The SMILES string of the molecule is C=CC(C)(C)c1cc2c(=O)c3cc(O)c(O)cc3oc2c(/C=C/C(C)C)c1OC. The molecule has 2 aromatic carbocycles. The van der Waals surface area contributed by atoms with Crippen LogP contribution in [0.4, 0.5) is 0 Å². The third-order valence-corrected chi connectivity index (χ3v) is 5.10. The van der Waals surface area contributed by atoms with Gasteiger partial charge < -0.3 is 19.4 Å². The molecule has 0 bridgehead atoms. The van der Waals surface area contributed by atoms with Gasteiger partial charge >= 0.3 is 0 Å². The van der Waals surface area contributed by atoms with Gasteiger partial charge in [-0.2, -0.15) is 0 Å². The second kappa shape index (κ2) is 7.32. The number of phenols is 2. The highest BCUT2D eigenvalue weighted by atomic mass is 16.5. The van der Waals surface area contributed by atoms with Crippen LogP contribution < -0.4 is 10.2 Å². The van der Waals surface area contributed by atoms with Crippen LogP contribution in [-0.2, 0) is 5.41 Å². The van der Waals surface area contributed by atoms with E-state index in [1.807, 2.05) is 26.0 Å². The summed E-state index contributed by atoms with van der Waals surface area (Å²) in [5.41, 5.74) is 1.26. The molecule has 0 atom stereocenters. The lowest BCUT2D eigenvalue weighted by Gasteiger charge is -2.25. The zero-order valence-corrected chi connectivity index (χ0v) is 17.4. The van der Waals surface area contributed by atoms with Crippen molar-refractivity contribution in [3.63, 3.8) is 0 Å². The number of benzene rings is 2. The molecule has 0 spiro atoms. The van der Waals surface area contributed by atoms with E-state index in [0.29, 0.717) is 22.3 Å². The fourth-order valence-corrected chi connectivity index (χ4v) is 3.27. The molecule has 0 aliphatic carbocycles. The van der Waals surface area contributed by atoms with Crippen LogP contribution in [0.1, 0.15) is 38.8 Å². The van der Waals surface area contributed by atoms with Crippen molar-refractivity contribution in [1.29, 1.82) is 0 Å².